The highest BCUT2D eigenvalue weighted by molar-refractivity contribution is 5.97. The maximum Gasteiger partial charge on any atom is 0.252 e. The normalized spacial score (nSPS) is 15.2. The summed E-state index contributed by atoms with van der Waals surface area (Å²) in [4.78, 5) is 30.7. The predicted octanol–water partition coefficient (Wildman–Crippen LogP) is 0.0151. The molecule has 2 rings (SSSR count). The van der Waals surface area contributed by atoms with Crippen LogP contribution in [0, 0.1) is 0 Å². The Bertz CT molecular complexity index is 507. The Balaban J connectivity index is 2.12. The zero-order chi connectivity index (χ0) is 13.8. The van der Waals surface area contributed by atoms with Crippen LogP contribution in [0.1, 0.15) is 10.4 Å². The summed E-state index contributed by atoms with van der Waals surface area (Å²) in [7, 11) is 0. The lowest BCUT2D eigenvalue weighted by molar-refractivity contribution is -0.126. The number of pyridine rings is 1. The number of aromatic nitrogens is 1. The average Bonchev–Trinajstić information content (AvgIpc) is 2.46. The molecule has 0 bridgehead atoms. The maximum atomic E-state index is 11.5. The molecule has 100 valence electrons. The Morgan fingerprint density at radius 3 is 2.58 bits per heavy atom. The van der Waals surface area contributed by atoms with Crippen LogP contribution in [0.3, 0.4) is 0 Å². The van der Waals surface area contributed by atoms with Gasteiger partial charge in [-0.3, -0.25) is 9.59 Å². The third-order valence-corrected chi connectivity index (χ3v) is 3.12. The zero-order valence-electron chi connectivity index (χ0n) is 10.6. The molecule has 0 aliphatic carbocycles. The molecular formula is C13H16N4O2. The molecule has 1 aromatic rings. The number of anilines is 1. The van der Waals surface area contributed by atoms with E-state index in [1.165, 1.54) is 6.08 Å². The molecule has 0 saturated carbocycles. The molecule has 1 fully saturated rings. The summed E-state index contributed by atoms with van der Waals surface area (Å²) in [6.07, 6.45) is 2.94. The van der Waals surface area contributed by atoms with Crippen LogP contribution in [0.15, 0.2) is 31.0 Å². The first-order valence-corrected chi connectivity index (χ1v) is 6.04. The van der Waals surface area contributed by atoms with Gasteiger partial charge in [0.15, 0.2) is 0 Å². The fourth-order valence-corrected chi connectivity index (χ4v) is 2.11. The smallest absolute Gasteiger partial charge is 0.252 e. The van der Waals surface area contributed by atoms with Crippen LogP contribution in [-0.4, -0.2) is 47.9 Å². The van der Waals surface area contributed by atoms with E-state index in [1.807, 2.05) is 4.90 Å². The van der Waals surface area contributed by atoms with E-state index >= 15 is 0 Å². The molecule has 0 atom stereocenters. The molecule has 2 amide bonds. The van der Waals surface area contributed by atoms with E-state index in [9.17, 15) is 9.59 Å². The van der Waals surface area contributed by atoms with E-state index in [0.29, 0.717) is 37.6 Å². The van der Waals surface area contributed by atoms with Gasteiger partial charge in [0.05, 0.1) is 5.56 Å². The fraction of sp³-hybridized carbons (Fsp3) is 0.308. The quantitative estimate of drug-likeness (QED) is 0.777. The van der Waals surface area contributed by atoms with Gasteiger partial charge in [0.25, 0.3) is 5.91 Å². The van der Waals surface area contributed by atoms with Gasteiger partial charge in [0.1, 0.15) is 5.82 Å². The van der Waals surface area contributed by atoms with Crippen molar-refractivity contribution in [3.05, 3.63) is 36.5 Å². The highest BCUT2D eigenvalue weighted by Gasteiger charge is 2.22. The number of hydrogen-bond acceptors (Lipinski definition) is 4. The third-order valence-electron chi connectivity index (χ3n) is 3.12. The zero-order valence-corrected chi connectivity index (χ0v) is 10.6. The number of piperazine rings is 1. The maximum absolute atomic E-state index is 11.5. The van der Waals surface area contributed by atoms with Gasteiger partial charge in [-0.05, 0) is 18.2 Å². The van der Waals surface area contributed by atoms with Gasteiger partial charge in [-0.15, -0.1) is 0 Å². The van der Waals surface area contributed by atoms with Crippen molar-refractivity contribution in [2.45, 2.75) is 0 Å². The van der Waals surface area contributed by atoms with Crippen molar-refractivity contribution in [3.63, 3.8) is 0 Å². The van der Waals surface area contributed by atoms with Crippen molar-refractivity contribution < 1.29 is 9.59 Å². The highest BCUT2D eigenvalue weighted by atomic mass is 16.2. The molecule has 0 radical (unpaired) electrons. The van der Waals surface area contributed by atoms with Crippen LogP contribution >= 0.6 is 0 Å². The number of nitrogens with zero attached hydrogens (tertiary/aromatic N) is 3. The van der Waals surface area contributed by atoms with Crippen molar-refractivity contribution in [2.24, 2.45) is 5.73 Å². The summed E-state index contributed by atoms with van der Waals surface area (Å²) in [5, 5.41) is 0. The largest absolute Gasteiger partial charge is 0.365 e. The predicted molar refractivity (Wildman–Crippen MR) is 71.7 cm³/mol. The monoisotopic (exact) mass is 260 g/mol. The van der Waals surface area contributed by atoms with Gasteiger partial charge in [-0.2, -0.15) is 0 Å². The molecule has 1 saturated heterocycles. The number of amides is 2. The van der Waals surface area contributed by atoms with E-state index in [4.69, 9.17) is 5.73 Å². The molecule has 2 heterocycles. The minimum Gasteiger partial charge on any atom is -0.365 e. The van der Waals surface area contributed by atoms with Crippen LogP contribution in [0.2, 0.25) is 0 Å². The second-order valence-electron chi connectivity index (χ2n) is 4.26. The van der Waals surface area contributed by atoms with Crippen molar-refractivity contribution in [3.8, 4) is 0 Å². The van der Waals surface area contributed by atoms with E-state index in [2.05, 4.69) is 11.6 Å². The molecule has 6 heteroatoms. The highest BCUT2D eigenvalue weighted by Crippen LogP contribution is 2.18. The van der Waals surface area contributed by atoms with Crippen LogP contribution in [0.5, 0.6) is 0 Å². The number of hydrogen-bond donors (Lipinski definition) is 1. The lowest BCUT2D eigenvalue weighted by atomic mass is 10.2. The minimum atomic E-state index is -0.493. The van der Waals surface area contributed by atoms with Gasteiger partial charge in [-0.25, -0.2) is 4.98 Å². The summed E-state index contributed by atoms with van der Waals surface area (Å²) in [6.45, 7) is 5.88. The molecule has 0 unspecified atom stereocenters. The van der Waals surface area contributed by atoms with Gasteiger partial charge in [-0.1, -0.05) is 6.58 Å². The summed E-state index contributed by atoms with van der Waals surface area (Å²) >= 11 is 0. The summed E-state index contributed by atoms with van der Waals surface area (Å²) in [5.74, 6) is 0.0178. The Hall–Kier alpha value is -2.37. The second-order valence-corrected chi connectivity index (χ2v) is 4.26. The first-order valence-electron chi connectivity index (χ1n) is 6.04. The van der Waals surface area contributed by atoms with Gasteiger partial charge >= 0.3 is 0 Å². The molecule has 1 aliphatic heterocycles. The Morgan fingerprint density at radius 2 is 2.00 bits per heavy atom. The molecule has 2 N–H and O–H groups in total. The molecule has 19 heavy (non-hydrogen) atoms. The standard InChI is InChI=1S/C13H16N4O2/c1-2-11(18)16-6-8-17(9-7-16)13-10(12(14)19)4-3-5-15-13/h2-5H,1,6-9H2,(H2,14,19). The fourth-order valence-electron chi connectivity index (χ4n) is 2.11. The Kier molecular flexibility index (Phi) is 3.79. The number of rotatable bonds is 3. The van der Waals surface area contributed by atoms with E-state index in [-0.39, 0.29) is 5.91 Å². The van der Waals surface area contributed by atoms with Crippen LogP contribution < -0.4 is 10.6 Å². The Morgan fingerprint density at radius 1 is 1.32 bits per heavy atom. The first kappa shape index (κ1) is 13.1. The summed E-state index contributed by atoms with van der Waals surface area (Å²) < 4.78 is 0. The van der Waals surface area contributed by atoms with Crippen LogP contribution in [0.4, 0.5) is 5.82 Å². The van der Waals surface area contributed by atoms with Gasteiger partial charge < -0.3 is 15.5 Å². The molecule has 6 nitrogen and oxygen atoms in total. The van der Waals surface area contributed by atoms with E-state index in [0.717, 1.165) is 0 Å². The van der Waals surface area contributed by atoms with Crippen molar-refractivity contribution >= 4 is 17.6 Å². The number of nitrogens with two attached hydrogens (primary N) is 1. The molecule has 0 spiro atoms. The van der Waals surface area contributed by atoms with E-state index < -0.39 is 5.91 Å². The second kappa shape index (κ2) is 5.51. The third kappa shape index (κ3) is 2.73. The summed E-state index contributed by atoms with van der Waals surface area (Å²) in [6, 6.07) is 3.34. The minimum absolute atomic E-state index is 0.0733. The lowest BCUT2D eigenvalue weighted by Crippen LogP contribution is -2.49. The van der Waals surface area contributed by atoms with E-state index in [1.54, 1.807) is 23.2 Å². The van der Waals surface area contributed by atoms with Gasteiger partial charge in [0.2, 0.25) is 5.91 Å². The Labute approximate surface area is 111 Å². The number of carbonyl (C=O) groups excluding carboxylic acids is 2. The lowest BCUT2D eigenvalue weighted by Gasteiger charge is -2.35. The number of primary amides is 1. The first-order chi connectivity index (χ1) is 9.13. The van der Waals surface area contributed by atoms with Crippen LogP contribution in [0.25, 0.3) is 0 Å². The van der Waals surface area contributed by atoms with Gasteiger partial charge in [0, 0.05) is 32.4 Å². The molecular weight excluding hydrogens is 244 g/mol. The number of carbonyl (C=O) groups is 2. The van der Waals surface area contributed by atoms with Crippen molar-refractivity contribution in [2.75, 3.05) is 31.1 Å². The molecule has 1 aromatic heterocycles. The SMILES string of the molecule is C=CC(=O)N1CCN(c2ncccc2C(N)=O)CC1. The molecule has 1 aliphatic rings. The molecule has 0 aromatic carbocycles. The topological polar surface area (TPSA) is 79.5 Å². The van der Waals surface area contributed by atoms with Crippen molar-refractivity contribution in [1.29, 1.82) is 0 Å². The van der Waals surface area contributed by atoms with Crippen LogP contribution in [-0.2, 0) is 4.79 Å². The average molecular weight is 260 g/mol. The van der Waals surface area contributed by atoms with Crippen molar-refractivity contribution in [1.82, 2.24) is 9.88 Å². The summed E-state index contributed by atoms with van der Waals surface area (Å²) in [5.41, 5.74) is 5.74.